The molecule has 0 spiro atoms. The van der Waals surface area contributed by atoms with Crippen LogP contribution in [0.15, 0.2) is 24.3 Å². The van der Waals surface area contributed by atoms with Crippen LogP contribution in [0.5, 0.6) is 5.75 Å². The summed E-state index contributed by atoms with van der Waals surface area (Å²) in [4.78, 5) is 12.0. The van der Waals surface area contributed by atoms with E-state index in [9.17, 15) is 4.79 Å². The van der Waals surface area contributed by atoms with E-state index in [2.05, 4.69) is 26.1 Å². The Balaban J connectivity index is 1.82. The second-order valence-electron chi connectivity index (χ2n) is 6.91. The van der Waals surface area contributed by atoms with Crippen LogP contribution in [-0.4, -0.2) is 31.3 Å². The van der Waals surface area contributed by atoms with Gasteiger partial charge in [-0.1, -0.05) is 32.9 Å². The largest absolute Gasteiger partial charge is 0.481 e. The highest BCUT2D eigenvalue weighted by atomic mass is 16.5. The maximum atomic E-state index is 12.0. The van der Waals surface area contributed by atoms with Gasteiger partial charge in [0.1, 0.15) is 5.75 Å². The number of rotatable bonds is 5. The highest BCUT2D eigenvalue weighted by Gasteiger charge is 2.20. The first-order chi connectivity index (χ1) is 10.4. The lowest BCUT2D eigenvalue weighted by atomic mass is 9.87. The van der Waals surface area contributed by atoms with E-state index in [0.29, 0.717) is 12.3 Å². The van der Waals surface area contributed by atoms with Crippen molar-refractivity contribution in [1.29, 1.82) is 0 Å². The predicted molar refractivity (Wildman–Crippen MR) is 87.2 cm³/mol. The van der Waals surface area contributed by atoms with E-state index in [1.54, 1.807) is 6.92 Å². The molecule has 1 aliphatic heterocycles. The summed E-state index contributed by atoms with van der Waals surface area (Å²) in [5.41, 5.74) is 1.36. The van der Waals surface area contributed by atoms with Crippen LogP contribution < -0.4 is 10.1 Å². The molecule has 122 valence electrons. The van der Waals surface area contributed by atoms with E-state index < -0.39 is 6.10 Å². The molecule has 1 heterocycles. The summed E-state index contributed by atoms with van der Waals surface area (Å²) >= 11 is 0. The topological polar surface area (TPSA) is 47.6 Å². The highest BCUT2D eigenvalue weighted by Crippen LogP contribution is 2.24. The van der Waals surface area contributed by atoms with Gasteiger partial charge < -0.3 is 14.8 Å². The van der Waals surface area contributed by atoms with Crippen molar-refractivity contribution in [3.8, 4) is 5.75 Å². The molecule has 0 aromatic heterocycles. The minimum absolute atomic E-state index is 0.101. The third-order valence-electron chi connectivity index (χ3n) is 3.93. The van der Waals surface area contributed by atoms with Crippen LogP contribution >= 0.6 is 0 Å². The molecule has 0 aliphatic carbocycles. The average molecular weight is 305 g/mol. The maximum absolute atomic E-state index is 12.0. The first-order valence-electron chi connectivity index (χ1n) is 8.03. The average Bonchev–Trinajstić information content (AvgIpc) is 2.97. The smallest absolute Gasteiger partial charge is 0.260 e. The van der Waals surface area contributed by atoms with Gasteiger partial charge in [-0.05, 0) is 42.9 Å². The number of ether oxygens (including phenoxy) is 2. The summed E-state index contributed by atoms with van der Waals surface area (Å²) in [7, 11) is 0. The predicted octanol–water partition coefficient (Wildman–Crippen LogP) is 3.05. The molecule has 1 aromatic rings. The second kappa shape index (κ2) is 7.14. The zero-order valence-electron chi connectivity index (χ0n) is 14.0. The van der Waals surface area contributed by atoms with Crippen molar-refractivity contribution in [1.82, 2.24) is 5.32 Å². The molecule has 1 N–H and O–H groups in total. The molecule has 1 aliphatic rings. The van der Waals surface area contributed by atoms with Crippen molar-refractivity contribution in [3.63, 3.8) is 0 Å². The Morgan fingerprint density at radius 1 is 1.36 bits per heavy atom. The Morgan fingerprint density at radius 2 is 2.05 bits per heavy atom. The van der Waals surface area contributed by atoms with Gasteiger partial charge in [0.25, 0.3) is 5.91 Å². The Bertz CT molecular complexity index is 484. The molecule has 4 nitrogen and oxygen atoms in total. The van der Waals surface area contributed by atoms with Crippen LogP contribution in [0.4, 0.5) is 0 Å². The molecular weight excluding hydrogens is 278 g/mol. The van der Waals surface area contributed by atoms with Gasteiger partial charge in [0.15, 0.2) is 6.10 Å². The fraction of sp³-hybridized carbons (Fsp3) is 0.611. The van der Waals surface area contributed by atoms with Crippen LogP contribution in [0, 0.1) is 0 Å². The Hall–Kier alpha value is -1.55. The van der Waals surface area contributed by atoms with E-state index in [1.165, 1.54) is 5.56 Å². The van der Waals surface area contributed by atoms with Crippen molar-refractivity contribution < 1.29 is 14.3 Å². The van der Waals surface area contributed by atoms with Crippen LogP contribution in [0.3, 0.4) is 0 Å². The van der Waals surface area contributed by atoms with Gasteiger partial charge in [-0.3, -0.25) is 4.79 Å². The van der Waals surface area contributed by atoms with Gasteiger partial charge in [0.2, 0.25) is 0 Å². The number of hydrogen-bond donors (Lipinski definition) is 1. The van der Waals surface area contributed by atoms with Crippen molar-refractivity contribution in [2.45, 2.75) is 58.2 Å². The molecule has 1 aromatic carbocycles. The standard InChI is InChI=1S/C18H27NO3/c1-13(17(20)19-12-16-6-5-11-21-16)22-15-9-7-14(8-10-15)18(2,3)4/h7-10,13,16H,5-6,11-12H2,1-4H3,(H,19,20)/t13-,16+/m1/s1. The lowest BCUT2D eigenvalue weighted by Crippen LogP contribution is -2.40. The van der Waals surface area contributed by atoms with Crippen LogP contribution in [0.2, 0.25) is 0 Å². The van der Waals surface area contributed by atoms with Gasteiger partial charge in [0.05, 0.1) is 6.10 Å². The van der Waals surface area contributed by atoms with Crippen LogP contribution in [0.1, 0.15) is 46.1 Å². The lowest BCUT2D eigenvalue weighted by Gasteiger charge is -2.20. The fourth-order valence-electron chi connectivity index (χ4n) is 2.45. The molecule has 1 amide bonds. The molecule has 1 fully saturated rings. The second-order valence-corrected chi connectivity index (χ2v) is 6.91. The minimum Gasteiger partial charge on any atom is -0.481 e. The van der Waals surface area contributed by atoms with E-state index in [0.717, 1.165) is 19.4 Å². The highest BCUT2D eigenvalue weighted by molar-refractivity contribution is 5.80. The number of nitrogens with one attached hydrogen (secondary N) is 1. The fourth-order valence-corrected chi connectivity index (χ4v) is 2.45. The van der Waals surface area contributed by atoms with Crippen molar-refractivity contribution >= 4 is 5.91 Å². The van der Waals surface area contributed by atoms with Crippen molar-refractivity contribution in [2.24, 2.45) is 0 Å². The molecular formula is C18H27NO3. The number of carbonyl (C=O) groups excluding carboxylic acids is 1. The molecule has 0 bridgehead atoms. The molecule has 0 radical (unpaired) electrons. The summed E-state index contributed by atoms with van der Waals surface area (Å²) in [6.45, 7) is 9.64. The Morgan fingerprint density at radius 3 is 2.59 bits per heavy atom. The number of amides is 1. The van der Waals surface area contributed by atoms with Crippen LogP contribution in [-0.2, 0) is 14.9 Å². The maximum Gasteiger partial charge on any atom is 0.260 e. The van der Waals surface area contributed by atoms with Gasteiger partial charge in [-0.2, -0.15) is 0 Å². The van der Waals surface area contributed by atoms with E-state index in [-0.39, 0.29) is 17.4 Å². The molecule has 0 saturated carbocycles. The number of hydrogen-bond acceptors (Lipinski definition) is 3. The van der Waals surface area contributed by atoms with Crippen LogP contribution in [0.25, 0.3) is 0 Å². The zero-order chi connectivity index (χ0) is 16.2. The van der Waals surface area contributed by atoms with Gasteiger partial charge in [0, 0.05) is 13.2 Å². The Kier molecular flexibility index (Phi) is 5.46. The monoisotopic (exact) mass is 305 g/mol. The number of carbonyl (C=O) groups is 1. The summed E-state index contributed by atoms with van der Waals surface area (Å²) < 4.78 is 11.2. The number of benzene rings is 1. The molecule has 4 heteroatoms. The SMILES string of the molecule is C[C@@H](Oc1ccc(C(C)(C)C)cc1)C(=O)NC[C@@H]1CCCO1. The quantitative estimate of drug-likeness (QED) is 0.909. The van der Waals surface area contributed by atoms with Gasteiger partial charge in [-0.25, -0.2) is 0 Å². The summed E-state index contributed by atoms with van der Waals surface area (Å²) in [5.74, 6) is 0.614. The molecule has 2 atom stereocenters. The molecule has 22 heavy (non-hydrogen) atoms. The van der Waals surface area contributed by atoms with Gasteiger partial charge >= 0.3 is 0 Å². The van der Waals surface area contributed by atoms with E-state index in [1.807, 2.05) is 24.3 Å². The first kappa shape index (κ1) is 16.8. The third kappa shape index (κ3) is 4.73. The molecule has 2 rings (SSSR count). The molecule has 0 unspecified atom stereocenters. The minimum atomic E-state index is -0.512. The summed E-state index contributed by atoms with van der Waals surface area (Å²) in [6, 6.07) is 7.94. The van der Waals surface area contributed by atoms with E-state index >= 15 is 0 Å². The zero-order valence-corrected chi connectivity index (χ0v) is 14.0. The first-order valence-corrected chi connectivity index (χ1v) is 8.03. The third-order valence-corrected chi connectivity index (χ3v) is 3.93. The summed E-state index contributed by atoms with van der Waals surface area (Å²) in [5, 5.41) is 2.89. The van der Waals surface area contributed by atoms with Crippen molar-refractivity contribution in [3.05, 3.63) is 29.8 Å². The normalized spacial score (nSPS) is 19.7. The summed E-state index contributed by atoms with van der Waals surface area (Å²) in [6.07, 6.45) is 1.74. The van der Waals surface area contributed by atoms with Crippen molar-refractivity contribution in [2.75, 3.05) is 13.2 Å². The Labute approximate surface area is 133 Å². The van der Waals surface area contributed by atoms with Gasteiger partial charge in [-0.15, -0.1) is 0 Å². The lowest BCUT2D eigenvalue weighted by molar-refractivity contribution is -0.127. The molecule has 1 saturated heterocycles. The van der Waals surface area contributed by atoms with E-state index in [4.69, 9.17) is 9.47 Å².